The van der Waals surface area contributed by atoms with Crippen molar-refractivity contribution in [3.63, 3.8) is 0 Å². The SMILES string of the molecule is CC(=O)N1CC[C@@H](CCC(=O)Nc2cc(-c3cnn4c3CC(C)(C)C4)c(Cl)cn2)C1. The molecule has 0 aliphatic carbocycles. The van der Waals surface area contributed by atoms with Crippen LogP contribution in [0.4, 0.5) is 5.82 Å². The fraction of sp³-hybridized carbons (Fsp3) is 0.545. The predicted octanol–water partition coefficient (Wildman–Crippen LogP) is 3.77. The van der Waals surface area contributed by atoms with E-state index >= 15 is 0 Å². The number of pyridine rings is 1. The van der Waals surface area contributed by atoms with E-state index in [0.29, 0.717) is 23.2 Å². The minimum atomic E-state index is -0.0709. The Morgan fingerprint density at radius 3 is 2.83 bits per heavy atom. The van der Waals surface area contributed by atoms with E-state index in [2.05, 4.69) is 29.2 Å². The zero-order valence-corrected chi connectivity index (χ0v) is 18.5. The van der Waals surface area contributed by atoms with E-state index in [0.717, 1.165) is 50.0 Å². The van der Waals surface area contributed by atoms with Gasteiger partial charge in [-0.2, -0.15) is 5.10 Å². The molecule has 2 aromatic rings. The average molecular weight is 430 g/mol. The Balaban J connectivity index is 1.41. The summed E-state index contributed by atoms with van der Waals surface area (Å²) in [5, 5.41) is 7.96. The van der Waals surface area contributed by atoms with E-state index in [1.807, 2.05) is 21.8 Å². The number of hydrogen-bond acceptors (Lipinski definition) is 4. The number of nitrogens with zero attached hydrogens (tertiary/aromatic N) is 4. The Bertz CT molecular complexity index is 984. The van der Waals surface area contributed by atoms with Crippen molar-refractivity contribution in [2.75, 3.05) is 18.4 Å². The topological polar surface area (TPSA) is 80.1 Å². The number of aromatic nitrogens is 3. The lowest BCUT2D eigenvalue weighted by atomic mass is 9.89. The highest BCUT2D eigenvalue weighted by Crippen LogP contribution is 2.39. The summed E-state index contributed by atoms with van der Waals surface area (Å²) in [5.74, 6) is 0.911. The van der Waals surface area contributed by atoms with Crippen LogP contribution in [-0.2, 0) is 22.6 Å². The Kier molecular flexibility index (Phi) is 5.57. The zero-order chi connectivity index (χ0) is 21.5. The second-order valence-electron chi connectivity index (χ2n) is 9.26. The van der Waals surface area contributed by atoms with E-state index in [1.54, 1.807) is 13.1 Å². The lowest BCUT2D eigenvalue weighted by molar-refractivity contribution is -0.127. The molecule has 30 heavy (non-hydrogen) atoms. The molecule has 2 aromatic heterocycles. The highest BCUT2D eigenvalue weighted by atomic mass is 35.5. The van der Waals surface area contributed by atoms with Crippen LogP contribution in [-0.4, -0.2) is 44.6 Å². The van der Waals surface area contributed by atoms with Gasteiger partial charge in [-0.3, -0.25) is 14.3 Å². The van der Waals surface area contributed by atoms with Crippen molar-refractivity contribution in [1.82, 2.24) is 19.7 Å². The lowest BCUT2D eigenvalue weighted by Crippen LogP contribution is -2.26. The number of rotatable bonds is 5. The molecular weight excluding hydrogens is 402 g/mol. The number of anilines is 1. The van der Waals surface area contributed by atoms with Crippen molar-refractivity contribution in [1.29, 1.82) is 0 Å². The van der Waals surface area contributed by atoms with Gasteiger partial charge in [-0.15, -0.1) is 0 Å². The first-order chi connectivity index (χ1) is 14.2. The van der Waals surface area contributed by atoms with Crippen LogP contribution in [0.15, 0.2) is 18.5 Å². The zero-order valence-electron chi connectivity index (χ0n) is 17.7. The molecule has 1 N–H and O–H groups in total. The van der Waals surface area contributed by atoms with Crippen LogP contribution < -0.4 is 5.32 Å². The molecule has 1 atom stereocenters. The third kappa shape index (κ3) is 4.36. The maximum absolute atomic E-state index is 12.5. The highest BCUT2D eigenvalue weighted by Gasteiger charge is 2.32. The van der Waals surface area contributed by atoms with Gasteiger partial charge in [0.25, 0.3) is 0 Å². The van der Waals surface area contributed by atoms with Crippen LogP contribution >= 0.6 is 11.6 Å². The first kappa shape index (κ1) is 20.8. The van der Waals surface area contributed by atoms with Crippen LogP contribution in [0.25, 0.3) is 11.1 Å². The van der Waals surface area contributed by atoms with Gasteiger partial charge >= 0.3 is 0 Å². The summed E-state index contributed by atoms with van der Waals surface area (Å²) in [4.78, 5) is 30.0. The monoisotopic (exact) mass is 429 g/mol. The number of likely N-dealkylation sites (tertiary alicyclic amines) is 1. The molecule has 0 bridgehead atoms. The van der Waals surface area contributed by atoms with Gasteiger partial charge < -0.3 is 10.2 Å². The molecule has 0 saturated carbocycles. The Morgan fingerprint density at radius 2 is 2.10 bits per heavy atom. The summed E-state index contributed by atoms with van der Waals surface area (Å²) in [6, 6.07) is 1.83. The molecule has 7 nitrogen and oxygen atoms in total. The van der Waals surface area contributed by atoms with Gasteiger partial charge in [0, 0.05) is 56.0 Å². The molecule has 4 rings (SSSR count). The number of hydrogen-bond donors (Lipinski definition) is 1. The fourth-order valence-electron chi connectivity index (χ4n) is 4.48. The van der Waals surface area contributed by atoms with Gasteiger partial charge in [0.1, 0.15) is 5.82 Å². The molecule has 2 amide bonds. The standard InChI is InChI=1S/C22H28ClN5O2/c1-14(29)27-7-6-15(12-27)4-5-21(30)26-20-8-16(18(23)11-24-20)17-10-25-28-13-22(2,3)9-19(17)28/h8,10-11,15H,4-7,9,12-13H2,1-3H3,(H,24,26,30)/t15-/m1/s1. The minimum Gasteiger partial charge on any atom is -0.343 e. The van der Waals surface area contributed by atoms with Crippen LogP contribution in [0.5, 0.6) is 0 Å². The van der Waals surface area contributed by atoms with Gasteiger partial charge in [-0.25, -0.2) is 4.98 Å². The Morgan fingerprint density at radius 1 is 1.30 bits per heavy atom. The van der Waals surface area contributed by atoms with Crippen molar-refractivity contribution in [3.05, 3.63) is 29.2 Å². The van der Waals surface area contributed by atoms with Gasteiger partial charge in [-0.05, 0) is 36.7 Å². The molecule has 1 saturated heterocycles. The number of fused-ring (bicyclic) bond motifs is 1. The number of carbonyl (C=O) groups is 2. The van der Waals surface area contributed by atoms with Gasteiger partial charge in [0.05, 0.1) is 11.2 Å². The summed E-state index contributed by atoms with van der Waals surface area (Å²) in [6.07, 6.45) is 6.49. The molecule has 2 aliphatic rings. The molecular formula is C22H28ClN5O2. The number of amides is 2. The maximum atomic E-state index is 12.5. The molecule has 4 heterocycles. The van der Waals surface area contributed by atoms with E-state index in [9.17, 15) is 9.59 Å². The maximum Gasteiger partial charge on any atom is 0.225 e. The fourth-order valence-corrected chi connectivity index (χ4v) is 4.69. The highest BCUT2D eigenvalue weighted by molar-refractivity contribution is 6.33. The van der Waals surface area contributed by atoms with Gasteiger partial charge in [-0.1, -0.05) is 25.4 Å². The van der Waals surface area contributed by atoms with Crippen LogP contribution in [0.1, 0.15) is 45.7 Å². The summed E-state index contributed by atoms with van der Waals surface area (Å²) in [7, 11) is 0. The summed E-state index contributed by atoms with van der Waals surface area (Å²) in [5.41, 5.74) is 3.18. The Labute approximate surface area is 181 Å². The molecule has 2 aliphatic heterocycles. The van der Waals surface area contributed by atoms with Crippen molar-refractivity contribution < 1.29 is 9.59 Å². The van der Waals surface area contributed by atoms with Crippen LogP contribution in [0.3, 0.4) is 0 Å². The molecule has 160 valence electrons. The molecule has 0 aromatic carbocycles. The molecule has 0 radical (unpaired) electrons. The van der Waals surface area contributed by atoms with Gasteiger partial charge in [0.2, 0.25) is 11.8 Å². The Hall–Kier alpha value is -2.41. The lowest BCUT2D eigenvalue weighted by Gasteiger charge is -2.15. The first-order valence-corrected chi connectivity index (χ1v) is 10.9. The smallest absolute Gasteiger partial charge is 0.225 e. The van der Waals surface area contributed by atoms with Crippen LogP contribution in [0, 0.1) is 11.3 Å². The second-order valence-corrected chi connectivity index (χ2v) is 9.67. The summed E-state index contributed by atoms with van der Waals surface area (Å²) in [6.45, 7) is 8.47. The minimum absolute atomic E-state index is 0.0709. The van der Waals surface area contributed by atoms with Crippen molar-refractivity contribution >= 4 is 29.2 Å². The van der Waals surface area contributed by atoms with Crippen LogP contribution in [0.2, 0.25) is 5.02 Å². The molecule has 0 spiro atoms. The molecule has 1 fully saturated rings. The number of nitrogens with one attached hydrogen (secondary N) is 1. The predicted molar refractivity (Wildman–Crippen MR) is 116 cm³/mol. The van der Waals surface area contributed by atoms with E-state index in [1.165, 1.54) is 5.69 Å². The third-order valence-electron chi connectivity index (χ3n) is 6.10. The quantitative estimate of drug-likeness (QED) is 0.784. The van der Waals surface area contributed by atoms with E-state index < -0.39 is 0 Å². The van der Waals surface area contributed by atoms with E-state index in [-0.39, 0.29) is 17.2 Å². The van der Waals surface area contributed by atoms with Crippen molar-refractivity contribution in [3.8, 4) is 11.1 Å². The van der Waals surface area contributed by atoms with Gasteiger partial charge in [0.15, 0.2) is 0 Å². The number of halogens is 1. The van der Waals surface area contributed by atoms with Crippen molar-refractivity contribution in [2.24, 2.45) is 11.3 Å². The molecule has 0 unspecified atom stereocenters. The first-order valence-electron chi connectivity index (χ1n) is 10.5. The van der Waals surface area contributed by atoms with E-state index in [4.69, 9.17) is 11.6 Å². The number of carbonyl (C=O) groups excluding carboxylic acids is 2. The average Bonchev–Trinajstić information content (AvgIpc) is 3.36. The largest absolute Gasteiger partial charge is 0.343 e. The third-order valence-corrected chi connectivity index (χ3v) is 6.40. The second kappa shape index (κ2) is 8.02. The van der Waals surface area contributed by atoms with Crippen molar-refractivity contribution in [2.45, 2.75) is 53.0 Å². The summed E-state index contributed by atoms with van der Waals surface area (Å²) >= 11 is 6.44. The molecule has 8 heteroatoms. The normalized spacial score (nSPS) is 19.7. The summed E-state index contributed by atoms with van der Waals surface area (Å²) < 4.78 is 2.04.